The summed E-state index contributed by atoms with van der Waals surface area (Å²) < 4.78 is 34.7. The fourth-order valence-electron chi connectivity index (χ4n) is 3.35. The molecule has 0 bridgehead atoms. The summed E-state index contributed by atoms with van der Waals surface area (Å²) in [5.74, 6) is -0.0110. The van der Waals surface area contributed by atoms with Gasteiger partial charge in [0.2, 0.25) is 0 Å². The van der Waals surface area contributed by atoms with E-state index in [0.717, 1.165) is 19.9 Å². The summed E-state index contributed by atoms with van der Waals surface area (Å²) in [6.45, 7) is 7.20. The first-order valence-corrected chi connectivity index (χ1v) is 12.9. The predicted molar refractivity (Wildman–Crippen MR) is 136 cm³/mol. The second-order valence-electron chi connectivity index (χ2n) is 8.03. The van der Waals surface area contributed by atoms with Crippen LogP contribution in [0.5, 0.6) is 5.75 Å². The van der Waals surface area contributed by atoms with Crippen LogP contribution >= 0.6 is 27.5 Å². The quantitative estimate of drug-likeness (QED) is 0.331. The van der Waals surface area contributed by atoms with Crippen LogP contribution < -0.4 is 9.04 Å². The Kier molecular flexibility index (Phi) is 7.88. The van der Waals surface area contributed by atoms with Gasteiger partial charge >= 0.3 is 0 Å². The van der Waals surface area contributed by atoms with Crippen molar-refractivity contribution < 1.29 is 17.9 Å². The van der Waals surface area contributed by atoms with E-state index in [1.165, 1.54) is 24.3 Å². The molecule has 0 aliphatic rings. The lowest BCUT2D eigenvalue weighted by atomic mass is 10.0. The molecule has 0 saturated heterocycles. The molecule has 0 radical (unpaired) electrons. The topological polar surface area (TPSA) is 63.7 Å². The lowest BCUT2D eigenvalue weighted by Crippen LogP contribution is -2.40. The summed E-state index contributed by atoms with van der Waals surface area (Å²) in [5.41, 5.74) is 2.68. The predicted octanol–water partition coefficient (Wildman–Crippen LogP) is 6.64. The van der Waals surface area contributed by atoms with Gasteiger partial charge in [-0.2, -0.15) is 4.31 Å². The van der Waals surface area contributed by atoms with Crippen molar-refractivity contribution >= 4 is 49.1 Å². The van der Waals surface area contributed by atoms with Gasteiger partial charge in [0.25, 0.3) is 15.9 Å². The van der Waals surface area contributed by atoms with Crippen LogP contribution in [0.2, 0.25) is 5.02 Å². The first-order chi connectivity index (χ1) is 15.5. The van der Waals surface area contributed by atoms with Gasteiger partial charge in [-0.15, -0.1) is 0 Å². The minimum Gasteiger partial charge on any atom is -0.483 e. The van der Waals surface area contributed by atoms with Gasteiger partial charge in [0.1, 0.15) is 5.75 Å². The molecule has 3 aromatic rings. The molecule has 3 aromatic carbocycles. The smallest absolute Gasteiger partial charge is 0.278 e. The SMILES string of the molecule is Cc1ccc(C)c(N(C(=O)COc2ccc(Br)cc2C(C)C)S(=O)(=O)c2ccc(Cl)cc2)c1. The lowest BCUT2D eigenvalue weighted by molar-refractivity contribution is -0.119. The molecule has 174 valence electrons. The van der Waals surface area contributed by atoms with E-state index in [4.69, 9.17) is 16.3 Å². The normalized spacial score (nSPS) is 11.5. The van der Waals surface area contributed by atoms with E-state index in [1.807, 2.05) is 39.0 Å². The Morgan fingerprint density at radius 1 is 1.03 bits per heavy atom. The third-order valence-electron chi connectivity index (χ3n) is 5.11. The third-order valence-corrected chi connectivity index (χ3v) is 7.60. The van der Waals surface area contributed by atoms with Gasteiger partial charge in [-0.1, -0.05) is 53.5 Å². The highest BCUT2D eigenvalue weighted by Crippen LogP contribution is 2.31. The van der Waals surface area contributed by atoms with E-state index < -0.39 is 22.5 Å². The van der Waals surface area contributed by atoms with Crippen molar-refractivity contribution in [2.24, 2.45) is 0 Å². The number of anilines is 1. The van der Waals surface area contributed by atoms with Crippen LogP contribution in [0.3, 0.4) is 0 Å². The first kappa shape index (κ1) is 25.3. The second kappa shape index (κ2) is 10.3. The average Bonchev–Trinajstić information content (AvgIpc) is 2.75. The highest BCUT2D eigenvalue weighted by atomic mass is 79.9. The largest absolute Gasteiger partial charge is 0.483 e. The molecular weight excluding hydrogens is 526 g/mol. The molecule has 0 aliphatic carbocycles. The Morgan fingerprint density at radius 3 is 2.33 bits per heavy atom. The zero-order valence-corrected chi connectivity index (χ0v) is 22.0. The molecule has 33 heavy (non-hydrogen) atoms. The van der Waals surface area contributed by atoms with Crippen LogP contribution in [0, 0.1) is 13.8 Å². The van der Waals surface area contributed by atoms with Crippen LogP contribution in [0.4, 0.5) is 5.69 Å². The number of halogens is 2. The molecule has 0 fully saturated rings. The molecule has 5 nitrogen and oxygen atoms in total. The molecule has 0 saturated carbocycles. The number of rotatable bonds is 7. The summed E-state index contributed by atoms with van der Waals surface area (Å²) in [6.07, 6.45) is 0. The Morgan fingerprint density at radius 2 is 1.70 bits per heavy atom. The van der Waals surface area contributed by atoms with Crippen molar-refractivity contribution in [3.63, 3.8) is 0 Å². The van der Waals surface area contributed by atoms with Crippen LogP contribution in [0.1, 0.15) is 36.5 Å². The lowest BCUT2D eigenvalue weighted by Gasteiger charge is -2.25. The molecule has 0 atom stereocenters. The van der Waals surface area contributed by atoms with Gasteiger partial charge in [0.05, 0.1) is 10.6 Å². The second-order valence-corrected chi connectivity index (χ2v) is 11.2. The van der Waals surface area contributed by atoms with Crippen molar-refractivity contribution in [3.8, 4) is 5.75 Å². The maximum Gasteiger partial charge on any atom is 0.278 e. The molecule has 0 spiro atoms. The van der Waals surface area contributed by atoms with Gasteiger partial charge in [-0.05, 0) is 85.0 Å². The Hall–Kier alpha value is -2.35. The minimum absolute atomic E-state index is 0.0346. The zero-order chi connectivity index (χ0) is 24.3. The van der Waals surface area contributed by atoms with E-state index in [2.05, 4.69) is 15.9 Å². The number of carbonyl (C=O) groups excluding carboxylic acids is 1. The van der Waals surface area contributed by atoms with Gasteiger partial charge in [-0.3, -0.25) is 4.79 Å². The highest BCUT2D eigenvalue weighted by Gasteiger charge is 2.32. The fraction of sp³-hybridized carbons (Fsp3) is 0.240. The van der Waals surface area contributed by atoms with E-state index in [9.17, 15) is 13.2 Å². The summed E-state index contributed by atoms with van der Waals surface area (Å²) >= 11 is 9.39. The summed E-state index contributed by atoms with van der Waals surface area (Å²) in [5, 5.41) is 0.401. The van der Waals surface area contributed by atoms with E-state index in [-0.39, 0.29) is 10.8 Å². The number of carbonyl (C=O) groups is 1. The van der Waals surface area contributed by atoms with Crippen molar-refractivity contribution in [2.75, 3.05) is 10.9 Å². The average molecular weight is 551 g/mol. The molecule has 0 aliphatic heterocycles. The monoisotopic (exact) mass is 549 g/mol. The summed E-state index contributed by atoms with van der Waals surface area (Å²) in [6, 6.07) is 16.6. The minimum atomic E-state index is -4.21. The van der Waals surface area contributed by atoms with Gasteiger partial charge in [0, 0.05) is 9.50 Å². The van der Waals surface area contributed by atoms with Crippen LogP contribution in [-0.2, 0) is 14.8 Å². The number of sulfonamides is 1. The number of nitrogens with zero attached hydrogens (tertiary/aromatic N) is 1. The maximum absolute atomic E-state index is 13.6. The maximum atomic E-state index is 13.6. The number of amides is 1. The molecule has 0 unspecified atom stereocenters. The summed E-state index contributed by atoms with van der Waals surface area (Å²) in [7, 11) is -4.21. The molecule has 8 heteroatoms. The molecule has 1 amide bonds. The molecule has 0 aromatic heterocycles. The zero-order valence-electron chi connectivity index (χ0n) is 18.8. The van der Waals surface area contributed by atoms with Crippen molar-refractivity contribution in [1.29, 1.82) is 0 Å². The van der Waals surface area contributed by atoms with Crippen molar-refractivity contribution in [1.82, 2.24) is 0 Å². The number of hydrogen-bond acceptors (Lipinski definition) is 4. The Balaban J connectivity index is 2.02. The van der Waals surface area contributed by atoms with Gasteiger partial charge < -0.3 is 4.74 Å². The van der Waals surface area contributed by atoms with Crippen LogP contribution in [0.25, 0.3) is 0 Å². The van der Waals surface area contributed by atoms with Gasteiger partial charge in [0.15, 0.2) is 6.61 Å². The molecule has 0 N–H and O–H groups in total. The molecule has 0 heterocycles. The van der Waals surface area contributed by atoms with Gasteiger partial charge in [-0.25, -0.2) is 8.42 Å². The van der Waals surface area contributed by atoms with Crippen LogP contribution in [0.15, 0.2) is 70.0 Å². The number of benzene rings is 3. The Labute approximate surface area is 208 Å². The molecular formula is C25H25BrClNO4S. The van der Waals surface area contributed by atoms with Crippen molar-refractivity contribution in [2.45, 2.75) is 38.5 Å². The first-order valence-electron chi connectivity index (χ1n) is 10.3. The van der Waals surface area contributed by atoms with E-state index >= 15 is 0 Å². The van der Waals surface area contributed by atoms with E-state index in [1.54, 1.807) is 25.1 Å². The van der Waals surface area contributed by atoms with Crippen molar-refractivity contribution in [3.05, 3.63) is 86.8 Å². The Bertz CT molecular complexity index is 1270. The number of hydrogen-bond donors (Lipinski definition) is 0. The fourth-order valence-corrected chi connectivity index (χ4v) is 5.32. The van der Waals surface area contributed by atoms with Crippen LogP contribution in [-0.4, -0.2) is 20.9 Å². The third kappa shape index (κ3) is 5.78. The highest BCUT2D eigenvalue weighted by molar-refractivity contribution is 9.10. The standard InChI is InChI=1S/C25H25BrClNO4S/c1-16(2)22-14-19(26)7-12-24(22)32-15-25(29)28(23-13-17(3)5-6-18(23)4)33(30,31)21-10-8-20(27)9-11-21/h5-14,16H,15H2,1-4H3. The number of aryl methyl sites for hydroxylation is 2. The van der Waals surface area contributed by atoms with E-state index in [0.29, 0.717) is 22.0 Å². The number of ether oxygens (including phenoxy) is 1. The molecule has 3 rings (SSSR count). The summed E-state index contributed by atoms with van der Waals surface area (Å²) in [4.78, 5) is 13.4.